The van der Waals surface area contributed by atoms with Crippen molar-refractivity contribution >= 4 is 0 Å². The van der Waals surface area contributed by atoms with Crippen LogP contribution in [-0.4, -0.2) is 21.9 Å². The zero-order valence-corrected chi connectivity index (χ0v) is 7.89. The van der Waals surface area contributed by atoms with Crippen LogP contribution in [0.4, 0.5) is 0 Å². The van der Waals surface area contributed by atoms with Crippen LogP contribution < -0.4 is 0 Å². The van der Waals surface area contributed by atoms with E-state index in [2.05, 4.69) is 10.2 Å². The van der Waals surface area contributed by atoms with Gasteiger partial charge in [0.2, 0.25) is 0 Å². The summed E-state index contributed by atoms with van der Waals surface area (Å²) in [7, 11) is 0. The first kappa shape index (κ1) is 9.26. The number of aromatic amines is 1. The van der Waals surface area contributed by atoms with Gasteiger partial charge in [0.1, 0.15) is 0 Å². The van der Waals surface area contributed by atoms with Crippen molar-refractivity contribution in [2.75, 3.05) is 6.61 Å². The predicted molar refractivity (Wildman–Crippen MR) is 47.9 cm³/mol. The number of aliphatic hydroxyl groups excluding tert-OH is 1. The highest BCUT2D eigenvalue weighted by Gasteiger charge is 2.18. The molecule has 1 aromatic rings. The monoisotopic (exact) mass is 168 g/mol. The van der Waals surface area contributed by atoms with E-state index < -0.39 is 0 Å². The van der Waals surface area contributed by atoms with Crippen molar-refractivity contribution in [3.63, 3.8) is 0 Å². The summed E-state index contributed by atoms with van der Waals surface area (Å²) in [5, 5.41) is 16.0. The second kappa shape index (κ2) is 3.27. The van der Waals surface area contributed by atoms with Crippen molar-refractivity contribution in [2.45, 2.75) is 27.2 Å². The van der Waals surface area contributed by atoms with Crippen molar-refractivity contribution in [1.82, 2.24) is 10.2 Å². The van der Waals surface area contributed by atoms with Crippen LogP contribution in [0, 0.1) is 12.3 Å². The van der Waals surface area contributed by atoms with E-state index in [0.717, 1.165) is 17.8 Å². The molecule has 0 spiro atoms. The Hall–Kier alpha value is -0.830. The fourth-order valence-corrected chi connectivity index (χ4v) is 1.11. The smallest absolute Gasteiger partial charge is 0.0631 e. The average molecular weight is 168 g/mol. The Morgan fingerprint density at radius 3 is 2.67 bits per heavy atom. The Labute approximate surface area is 72.8 Å². The normalized spacial score (nSPS) is 12.0. The van der Waals surface area contributed by atoms with Gasteiger partial charge < -0.3 is 5.11 Å². The second-order valence-corrected chi connectivity index (χ2v) is 4.04. The molecule has 0 amide bonds. The molecule has 68 valence electrons. The predicted octanol–water partition coefficient (Wildman–Crippen LogP) is 1.28. The largest absolute Gasteiger partial charge is 0.396 e. The lowest BCUT2D eigenvalue weighted by atomic mass is 9.89. The molecule has 0 radical (unpaired) electrons. The summed E-state index contributed by atoms with van der Waals surface area (Å²) in [6.45, 7) is 6.22. The third-order valence-corrected chi connectivity index (χ3v) is 1.85. The van der Waals surface area contributed by atoms with Crippen molar-refractivity contribution < 1.29 is 5.11 Å². The second-order valence-electron chi connectivity index (χ2n) is 4.04. The SMILES string of the molecule is Cc1cc(CC(C)(C)CO)n[nH]1. The number of nitrogens with zero attached hydrogens (tertiary/aromatic N) is 1. The van der Waals surface area contributed by atoms with Crippen LogP contribution in [-0.2, 0) is 6.42 Å². The van der Waals surface area contributed by atoms with Gasteiger partial charge in [-0.1, -0.05) is 13.8 Å². The molecular formula is C9H16N2O. The van der Waals surface area contributed by atoms with E-state index in [0.29, 0.717) is 0 Å². The highest BCUT2D eigenvalue weighted by atomic mass is 16.3. The van der Waals surface area contributed by atoms with Crippen LogP contribution in [0.5, 0.6) is 0 Å². The lowest BCUT2D eigenvalue weighted by Crippen LogP contribution is -2.19. The number of aliphatic hydroxyl groups is 1. The van der Waals surface area contributed by atoms with Gasteiger partial charge in [-0.2, -0.15) is 5.10 Å². The molecule has 0 aromatic carbocycles. The Balaban J connectivity index is 2.63. The summed E-state index contributed by atoms with van der Waals surface area (Å²) >= 11 is 0. The summed E-state index contributed by atoms with van der Waals surface area (Å²) in [6.07, 6.45) is 0.813. The highest BCUT2D eigenvalue weighted by Crippen LogP contribution is 2.19. The number of aromatic nitrogens is 2. The van der Waals surface area contributed by atoms with Gasteiger partial charge in [0, 0.05) is 12.3 Å². The van der Waals surface area contributed by atoms with E-state index in [1.165, 1.54) is 0 Å². The van der Waals surface area contributed by atoms with Gasteiger partial charge in [-0.05, 0) is 24.8 Å². The Kier molecular flexibility index (Phi) is 2.52. The molecule has 0 aliphatic carbocycles. The number of hydrogen-bond donors (Lipinski definition) is 2. The van der Waals surface area contributed by atoms with Gasteiger partial charge in [0.15, 0.2) is 0 Å². The molecule has 0 aliphatic heterocycles. The van der Waals surface area contributed by atoms with E-state index in [4.69, 9.17) is 5.11 Å². The minimum atomic E-state index is -0.0678. The summed E-state index contributed by atoms with van der Waals surface area (Å²) in [4.78, 5) is 0. The fourth-order valence-electron chi connectivity index (χ4n) is 1.11. The van der Waals surface area contributed by atoms with Crippen molar-refractivity contribution in [2.24, 2.45) is 5.41 Å². The highest BCUT2D eigenvalue weighted by molar-refractivity contribution is 5.08. The molecule has 3 nitrogen and oxygen atoms in total. The minimum Gasteiger partial charge on any atom is -0.396 e. The van der Waals surface area contributed by atoms with E-state index in [1.54, 1.807) is 0 Å². The first-order valence-corrected chi connectivity index (χ1v) is 4.15. The average Bonchev–Trinajstić information content (AvgIpc) is 2.35. The molecule has 2 N–H and O–H groups in total. The molecule has 0 atom stereocenters. The minimum absolute atomic E-state index is 0.0678. The van der Waals surface area contributed by atoms with Gasteiger partial charge in [-0.15, -0.1) is 0 Å². The van der Waals surface area contributed by atoms with Crippen LogP contribution in [0.1, 0.15) is 25.2 Å². The van der Waals surface area contributed by atoms with Crippen LogP contribution >= 0.6 is 0 Å². The quantitative estimate of drug-likeness (QED) is 0.714. The summed E-state index contributed by atoms with van der Waals surface area (Å²) in [5.74, 6) is 0. The summed E-state index contributed by atoms with van der Waals surface area (Å²) in [6, 6.07) is 2.01. The van der Waals surface area contributed by atoms with E-state index in [9.17, 15) is 0 Å². The lowest BCUT2D eigenvalue weighted by molar-refractivity contribution is 0.158. The Morgan fingerprint density at radius 1 is 1.58 bits per heavy atom. The zero-order chi connectivity index (χ0) is 9.19. The maximum Gasteiger partial charge on any atom is 0.0631 e. The van der Waals surface area contributed by atoms with Gasteiger partial charge >= 0.3 is 0 Å². The van der Waals surface area contributed by atoms with Crippen LogP contribution in [0.2, 0.25) is 0 Å². The number of aryl methyl sites for hydroxylation is 1. The molecule has 1 aromatic heterocycles. The first-order valence-electron chi connectivity index (χ1n) is 4.15. The summed E-state index contributed by atoms with van der Waals surface area (Å²) < 4.78 is 0. The molecular weight excluding hydrogens is 152 g/mol. The number of rotatable bonds is 3. The van der Waals surface area contributed by atoms with Crippen molar-refractivity contribution in [1.29, 1.82) is 0 Å². The molecule has 0 unspecified atom stereocenters. The Morgan fingerprint density at radius 2 is 2.25 bits per heavy atom. The number of nitrogens with one attached hydrogen (secondary N) is 1. The van der Waals surface area contributed by atoms with E-state index >= 15 is 0 Å². The third kappa shape index (κ3) is 2.34. The maximum absolute atomic E-state index is 9.02. The number of hydrogen-bond acceptors (Lipinski definition) is 2. The molecule has 1 rings (SSSR count). The summed E-state index contributed by atoms with van der Waals surface area (Å²) in [5.41, 5.74) is 2.02. The van der Waals surface area contributed by atoms with E-state index in [1.807, 2.05) is 26.8 Å². The van der Waals surface area contributed by atoms with Crippen molar-refractivity contribution in [3.05, 3.63) is 17.5 Å². The molecule has 12 heavy (non-hydrogen) atoms. The number of H-pyrrole nitrogens is 1. The molecule has 0 bridgehead atoms. The Bertz CT molecular complexity index is 253. The van der Waals surface area contributed by atoms with Crippen LogP contribution in [0.25, 0.3) is 0 Å². The van der Waals surface area contributed by atoms with E-state index in [-0.39, 0.29) is 12.0 Å². The zero-order valence-electron chi connectivity index (χ0n) is 7.89. The molecule has 0 aliphatic rings. The maximum atomic E-state index is 9.02. The molecule has 0 saturated carbocycles. The van der Waals surface area contributed by atoms with Gasteiger partial charge in [0.05, 0.1) is 5.69 Å². The lowest BCUT2D eigenvalue weighted by Gasteiger charge is -2.19. The molecule has 3 heteroatoms. The van der Waals surface area contributed by atoms with Crippen molar-refractivity contribution in [3.8, 4) is 0 Å². The first-order chi connectivity index (χ1) is 5.53. The standard InChI is InChI=1S/C9H16N2O/c1-7-4-8(11-10-7)5-9(2,3)6-12/h4,12H,5-6H2,1-3H3,(H,10,11). The van der Waals surface area contributed by atoms with Crippen LogP contribution in [0.3, 0.4) is 0 Å². The third-order valence-electron chi connectivity index (χ3n) is 1.85. The van der Waals surface area contributed by atoms with Gasteiger partial charge in [0.25, 0.3) is 0 Å². The van der Waals surface area contributed by atoms with Crippen LogP contribution in [0.15, 0.2) is 6.07 Å². The molecule has 0 saturated heterocycles. The van der Waals surface area contributed by atoms with Gasteiger partial charge in [-0.3, -0.25) is 5.10 Å². The fraction of sp³-hybridized carbons (Fsp3) is 0.667. The molecule has 1 heterocycles. The topological polar surface area (TPSA) is 48.9 Å². The molecule has 0 fully saturated rings. The van der Waals surface area contributed by atoms with Gasteiger partial charge in [-0.25, -0.2) is 0 Å².